The summed E-state index contributed by atoms with van der Waals surface area (Å²) in [6.45, 7) is 4.50. The molecular formula is C20H27N3O3S2. The second-order valence-corrected chi connectivity index (χ2v) is 11.2. The van der Waals surface area contributed by atoms with E-state index in [1.54, 1.807) is 0 Å². The van der Waals surface area contributed by atoms with Crippen LogP contribution in [0.15, 0.2) is 24.3 Å². The number of benzene rings is 1. The molecule has 3 atom stereocenters. The Morgan fingerprint density at radius 2 is 1.89 bits per heavy atom. The molecule has 1 aromatic carbocycles. The first-order valence-corrected chi connectivity index (χ1v) is 12.7. The molecule has 152 valence electrons. The van der Waals surface area contributed by atoms with Gasteiger partial charge in [-0.15, -0.1) is 0 Å². The number of hydrogen-bond donors (Lipinski definition) is 0. The van der Waals surface area contributed by atoms with Crippen LogP contribution in [-0.2, 0) is 10.1 Å². The van der Waals surface area contributed by atoms with Gasteiger partial charge in [-0.05, 0) is 36.5 Å². The predicted octanol–water partition coefficient (Wildman–Crippen LogP) is 2.67. The van der Waals surface area contributed by atoms with E-state index < -0.39 is 10.1 Å². The van der Waals surface area contributed by atoms with E-state index in [1.165, 1.54) is 37.2 Å². The fourth-order valence-corrected chi connectivity index (χ4v) is 7.70. The largest absolute Gasteiger partial charge is 0.748 e. The Kier molecular flexibility index (Phi) is 4.65. The Balaban J connectivity index is 1.45. The van der Waals surface area contributed by atoms with Crippen LogP contribution in [-0.4, -0.2) is 66.3 Å². The molecular weight excluding hydrogens is 394 g/mol. The third-order valence-electron chi connectivity index (χ3n) is 7.34. The molecule has 0 bridgehead atoms. The molecule has 0 radical (unpaired) electrons. The van der Waals surface area contributed by atoms with Crippen LogP contribution >= 0.6 is 11.5 Å². The highest BCUT2D eigenvalue weighted by atomic mass is 32.2. The van der Waals surface area contributed by atoms with E-state index in [9.17, 15) is 13.0 Å². The lowest BCUT2D eigenvalue weighted by molar-refractivity contribution is -0.940. The highest BCUT2D eigenvalue weighted by molar-refractivity contribution is 7.85. The van der Waals surface area contributed by atoms with Crippen LogP contribution in [0.4, 0.5) is 5.82 Å². The monoisotopic (exact) mass is 421 g/mol. The number of hydrogen-bond acceptors (Lipinski definition) is 6. The van der Waals surface area contributed by atoms with Crippen LogP contribution in [0, 0.1) is 11.8 Å². The van der Waals surface area contributed by atoms with Gasteiger partial charge >= 0.3 is 0 Å². The Morgan fingerprint density at radius 1 is 1.18 bits per heavy atom. The molecule has 8 heteroatoms. The molecule has 2 aromatic rings. The second-order valence-electron chi connectivity index (χ2n) is 8.94. The van der Waals surface area contributed by atoms with Gasteiger partial charge in [0.2, 0.25) is 0 Å². The van der Waals surface area contributed by atoms with Crippen LogP contribution < -0.4 is 4.90 Å². The normalized spacial score (nSPS) is 30.0. The van der Waals surface area contributed by atoms with Gasteiger partial charge in [-0.25, -0.2) is 8.42 Å². The first kappa shape index (κ1) is 18.8. The minimum atomic E-state index is -4.26. The second kappa shape index (κ2) is 6.93. The number of piperazine rings is 1. The summed E-state index contributed by atoms with van der Waals surface area (Å²) in [7, 11) is -4.26. The maximum Gasteiger partial charge on any atom is 0.150 e. The summed E-state index contributed by atoms with van der Waals surface area (Å²) in [4.78, 5) is 2.22. The van der Waals surface area contributed by atoms with Gasteiger partial charge in [0.15, 0.2) is 5.82 Å². The smallest absolute Gasteiger partial charge is 0.150 e. The molecule has 6 nitrogen and oxygen atoms in total. The van der Waals surface area contributed by atoms with Crippen molar-refractivity contribution >= 4 is 37.6 Å². The van der Waals surface area contributed by atoms with Crippen LogP contribution in [0.2, 0.25) is 0 Å². The molecule has 2 saturated heterocycles. The van der Waals surface area contributed by atoms with Gasteiger partial charge in [0, 0.05) is 17.2 Å². The van der Waals surface area contributed by atoms with Crippen molar-refractivity contribution in [3.05, 3.63) is 24.3 Å². The topological polar surface area (TPSA) is 73.3 Å². The van der Waals surface area contributed by atoms with Gasteiger partial charge in [-0.3, -0.25) is 0 Å². The third-order valence-corrected chi connectivity index (χ3v) is 8.95. The van der Waals surface area contributed by atoms with Gasteiger partial charge in [-0.2, -0.15) is 4.37 Å². The van der Waals surface area contributed by atoms with Crippen LogP contribution in [0.1, 0.15) is 25.7 Å². The van der Waals surface area contributed by atoms with Crippen molar-refractivity contribution in [2.24, 2.45) is 11.8 Å². The average Bonchev–Trinajstić information content (AvgIpc) is 3.24. The number of rotatable bonds is 3. The maximum absolute atomic E-state index is 11.8. The lowest BCUT2D eigenvalue weighted by atomic mass is 9.82. The average molecular weight is 422 g/mol. The molecule has 1 aromatic heterocycles. The Labute approximate surface area is 170 Å². The lowest BCUT2D eigenvalue weighted by Crippen LogP contribution is -2.66. The van der Waals surface area contributed by atoms with Crippen LogP contribution in [0.3, 0.4) is 0 Å². The van der Waals surface area contributed by atoms with Gasteiger partial charge < -0.3 is 13.9 Å². The minimum Gasteiger partial charge on any atom is -0.748 e. The predicted molar refractivity (Wildman–Crippen MR) is 110 cm³/mol. The molecule has 0 N–H and O–H groups in total. The van der Waals surface area contributed by atoms with E-state index in [4.69, 9.17) is 0 Å². The van der Waals surface area contributed by atoms with E-state index in [2.05, 4.69) is 21.4 Å². The fraction of sp³-hybridized carbons (Fsp3) is 0.650. The number of quaternary nitrogens is 1. The van der Waals surface area contributed by atoms with Gasteiger partial charge in [0.1, 0.15) is 16.2 Å². The number of nitrogens with zero attached hydrogens (tertiary/aromatic N) is 3. The highest BCUT2D eigenvalue weighted by Gasteiger charge is 2.52. The quantitative estimate of drug-likeness (QED) is 0.563. The van der Waals surface area contributed by atoms with Crippen molar-refractivity contribution < 1.29 is 17.5 Å². The summed E-state index contributed by atoms with van der Waals surface area (Å²) >= 11 is 1.49. The van der Waals surface area contributed by atoms with E-state index in [-0.39, 0.29) is 11.8 Å². The summed E-state index contributed by atoms with van der Waals surface area (Å²) in [5.74, 6) is 2.10. The molecule has 1 unspecified atom stereocenters. The number of aromatic nitrogens is 1. The Hall–Kier alpha value is -1.22. The fourth-order valence-electron chi connectivity index (χ4n) is 6.02. The molecule has 1 spiro atoms. The summed E-state index contributed by atoms with van der Waals surface area (Å²) in [6, 6.07) is 8.03. The molecule has 5 rings (SSSR count). The van der Waals surface area contributed by atoms with Crippen molar-refractivity contribution in [1.82, 2.24) is 4.37 Å². The van der Waals surface area contributed by atoms with Crippen LogP contribution in [0.5, 0.6) is 0 Å². The van der Waals surface area contributed by atoms with Crippen molar-refractivity contribution in [3.8, 4) is 0 Å². The third kappa shape index (κ3) is 3.34. The summed E-state index contributed by atoms with van der Waals surface area (Å²) < 4.78 is 41.9. The van der Waals surface area contributed by atoms with Crippen molar-refractivity contribution in [3.63, 3.8) is 0 Å². The van der Waals surface area contributed by atoms with Crippen molar-refractivity contribution in [2.75, 3.05) is 43.4 Å². The SMILES string of the molecule is O=S(=O)([O-])CC1CN(c2nsc3ccccc23)CC[N+]12C[C@@H]1CCCC[C@H]1C2. The van der Waals surface area contributed by atoms with E-state index >= 15 is 0 Å². The highest BCUT2D eigenvalue weighted by Crippen LogP contribution is 2.43. The molecule has 28 heavy (non-hydrogen) atoms. The zero-order valence-electron chi connectivity index (χ0n) is 16.0. The molecule has 1 aliphatic carbocycles. The maximum atomic E-state index is 11.8. The van der Waals surface area contributed by atoms with E-state index in [1.807, 2.05) is 12.1 Å². The van der Waals surface area contributed by atoms with Gasteiger partial charge in [0.05, 0.1) is 43.2 Å². The number of anilines is 1. The minimum absolute atomic E-state index is 0.151. The Morgan fingerprint density at radius 3 is 2.61 bits per heavy atom. The van der Waals surface area contributed by atoms with Crippen molar-refractivity contribution in [2.45, 2.75) is 31.7 Å². The zero-order chi connectivity index (χ0) is 19.4. The van der Waals surface area contributed by atoms with Crippen LogP contribution in [0.25, 0.3) is 10.1 Å². The molecule has 3 fully saturated rings. The Bertz CT molecular complexity index is 960. The summed E-state index contributed by atoms with van der Waals surface area (Å²) in [5, 5.41) is 1.12. The zero-order valence-corrected chi connectivity index (χ0v) is 17.6. The van der Waals surface area contributed by atoms with Gasteiger partial charge in [-0.1, -0.05) is 25.0 Å². The molecule has 2 aliphatic heterocycles. The molecule has 3 aliphatic rings. The van der Waals surface area contributed by atoms with Crippen molar-refractivity contribution in [1.29, 1.82) is 0 Å². The van der Waals surface area contributed by atoms with E-state index in [0.29, 0.717) is 18.4 Å². The molecule has 1 saturated carbocycles. The first-order chi connectivity index (χ1) is 13.4. The van der Waals surface area contributed by atoms with Gasteiger partial charge in [0.25, 0.3) is 0 Å². The summed E-state index contributed by atoms with van der Waals surface area (Å²) in [5.41, 5.74) is 0. The first-order valence-electron chi connectivity index (χ1n) is 10.3. The standard InChI is InChI=1S/C20H27N3O3S2/c24-28(25,26)14-17-11-22(20-18-7-3-4-8-19(18)27-21-20)9-10-23(17)12-15-5-1-2-6-16(15)13-23/h3-4,7-8,15-17H,1-2,5-6,9-14H2/t15-,16-,17?/m0/s1. The van der Waals surface area contributed by atoms with E-state index in [0.717, 1.165) is 46.6 Å². The number of fused-ring (bicyclic) bond motifs is 2. The summed E-state index contributed by atoms with van der Waals surface area (Å²) in [6.07, 6.45) is 5.12. The molecule has 0 amide bonds. The lowest BCUT2D eigenvalue weighted by Gasteiger charge is -2.49. The molecule has 3 heterocycles.